The Morgan fingerprint density at radius 1 is 1.33 bits per heavy atom. The van der Waals surface area contributed by atoms with Crippen LogP contribution >= 0.6 is 11.3 Å². The van der Waals surface area contributed by atoms with E-state index in [1.165, 1.54) is 16.0 Å². The van der Waals surface area contributed by atoms with E-state index in [4.69, 9.17) is 4.74 Å². The standard InChI is InChI=1S/C17H19NO2S/c1-12-3-4-15(13(2)9-12)20-11-17(19)18-7-5-16-14(10-18)6-8-21-16/h3-4,6,8-9H,5,7,10-11H2,1-2H3. The van der Waals surface area contributed by atoms with E-state index in [9.17, 15) is 4.79 Å². The highest BCUT2D eigenvalue weighted by Crippen LogP contribution is 2.24. The van der Waals surface area contributed by atoms with Crippen LogP contribution in [0.4, 0.5) is 0 Å². The zero-order chi connectivity index (χ0) is 14.8. The van der Waals surface area contributed by atoms with E-state index >= 15 is 0 Å². The molecule has 2 heterocycles. The molecule has 1 aromatic carbocycles. The number of aryl methyl sites for hydroxylation is 2. The molecule has 110 valence electrons. The first kappa shape index (κ1) is 14.1. The smallest absolute Gasteiger partial charge is 0.260 e. The van der Waals surface area contributed by atoms with Gasteiger partial charge in [-0.1, -0.05) is 17.7 Å². The van der Waals surface area contributed by atoms with Gasteiger partial charge >= 0.3 is 0 Å². The van der Waals surface area contributed by atoms with Crippen molar-refractivity contribution in [3.63, 3.8) is 0 Å². The Morgan fingerprint density at radius 2 is 2.19 bits per heavy atom. The molecule has 0 unspecified atom stereocenters. The Labute approximate surface area is 129 Å². The highest BCUT2D eigenvalue weighted by Gasteiger charge is 2.21. The fourth-order valence-electron chi connectivity index (χ4n) is 2.65. The van der Waals surface area contributed by atoms with Crippen molar-refractivity contribution in [2.24, 2.45) is 0 Å². The van der Waals surface area contributed by atoms with Gasteiger partial charge in [0.05, 0.1) is 0 Å². The first-order valence-corrected chi connectivity index (χ1v) is 8.04. The maximum Gasteiger partial charge on any atom is 0.260 e. The van der Waals surface area contributed by atoms with Crippen LogP contribution in [0, 0.1) is 13.8 Å². The molecule has 3 rings (SSSR count). The lowest BCUT2D eigenvalue weighted by atomic mass is 10.1. The number of benzene rings is 1. The SMILES string of the molecule is Cc1ccc(OCC(=O)N2CCc3sccc3C2)c(C)c1. The number of amides is 1. The van der Waals surface area contributed by atoms with Crippen LogP contribution in [-0.4, -0.2) is 24.0 Å². The number of fused-ring (bicyclic) bond motifs is 1. The largest absolute Gasteiger partial charge is 0.484 e. The van der Waals surface area contributed by atoms with E-state index in [-0.39, 0.29) is 12.5 Å². The molecule has 0 radical (unpaired) electrons. The van der Waals surface area contributed by atoms with Crippen LogP contribution in [0.2, 0.25) is 0 Å². The molecule has 0 N–H and O–H groups in total. The number of hydrogen-bond acceptors (Lipinski definition) is 3. The molecule has 0 spiro atoms. The Balaban J connectivity index is 1.60. The lowest BCUT2D eigenvalue weighted by Gasteiger charge is -2.27. The van der Waals surface area contributed by atoms with Crippen LogP contribution in [0.3, 0.4) is 0 Å². The molecule has 1 aliphatic rings. The van der Waals surface area contributed by atoms with E-state index in [2.05, 4.69) is 17.5 Å². The van der Waals surface area contributed by atoms with Crippen molar-refractivity contribution in [1.82, 2.24) is 4.90 Å². The molecule has 1 aromatic heterocycles. The summed E-state index contributed by atoms with van der Waals surface area (Å²) in [5.74, 6) is 0.856. The highest BCUT2D eigenvalue weighted by molar-refractivity contribution is 7.10. The minimum absolute atomic E-state index is 0.0619. The second-order valence-corrected chi connectivity index (χ2v) is 6.49. The van der Waals surface area contributed by atoms with Crippen LogP contribution in [0.5, 0.6) is 5.75 Å². The summed E-state index contributed by atoms with van der Waals surface area (Å²) in [7, 11) is 0. The molecule has 0 atom stereocenters. The Hall–Kier alpha value is -1.81. The van der Waals surface area contributed by atoms with Gasteiger partial charge < -0.3 is 9.64 Å². The average molecular weight is 301 g/mol. The second-order valence-electron chi connectivity index (χ2n) is 5.49. The van der Waals surface area contributed by atoms with Gasteiger partial charge in [-0.2, -0.15) is 0 Å². The number of carbonyl (C=O) groups is 1. The van der Waals surface area contributed by atoms with E-state index < -0.39 is 0 Å². The predicted molar refractivity (Wildman–Crippen MR) is 84.9 cm³/mol. The van der Waals surface area contributed by atoms with Crippen LogP contribution in [0.1, 0.15) is 21.6 Å². The van der Waals surface area contributed by atoms with Crippen LogP contribution in [-0.2, 0) is 17.8 Å². The Morgan fingerprint density at radius 3 is 3.00 bits per heavy atom. The molecular formula is C17H19NO2S. The number of thiophene rings is 1. The van der Waals surface area contributed by atoms with Crippen molar-refractivity contribution in [2.45, 2.75) is 26.8 Å². The van der Waals surface area contributed by atoms with Gasteiger partial charge in [0, 0.05) is 18.0 Å². The molecule has 0 fully saturated rings. The van der Waals surface area contributed by atoms with Gasteiger partial charge in [-0.25, -0.2) is 0 Å². The first-order valence-electron chi connectivity index (χ1n) is 7.16. The third-order valence-electron chi connectivity index (χ3n) is 3.84. The maximum absolute atomic E-state index is 12.3. The van der Waals surface area contributed by atoms with Crippen LogP contribution in [0.15, 0.2) is 29.6 Å². The third-order valence-corrected chi connectivity index (χ3v) is 4.86. The summed E-state index contributed by atoms with van der Waals surface area (Å²) < 4.78 is 5.69. The quantitative estimate of drug-likeness (QED) is 0.870. The average Bonchev–Trinajstić information content (AvgIpc) is 2.93. The lowest BCUT2D eigenvalue weighted by Crippen LogP contribution is -2.38. The van der Waals surface area contributed by atoms with Gasteiger partial charge in [-0.15, -0.1) is 11.3 Å². The highest BCUT2D eigenvalue weighted by atomic mass is 32.1. The minimum Gasteiger partial charge on any atom is -0.484 e. The summed E-state index contributed by atoms with van der Waals surface area (Å²) in [6.07, 6.45) is 0.961. The number of rotatable bonds is 3. The summed E-state index contributed by atoms with van der Waals surface area (Å²) >= 11 is 1.78. The molecule has 1 amide bonds. The summed E-state index contributed by atoms with van der Waals surface area (Å²) in [6.45, 7) is 5.68. The molecule has 0 aliphatic carbocycles. The van der Waals surface area contributed by atoms with Crippen molar-refractivity contribution in [3.8, 4) is 5.75 Å². The van der Waals surface area contributed by atoms with Gasteiger partial charge in [0.25, 0.3) is 5.91 Å². The van der Waals surface area contributed by atoms with E-state index in [0.717, 1.165) is 24.3 Å². The van der Waals surface area contributed by atoms with Crippen LogP contribution in [0.25, 0.3) is 0 Å². The number of ether oxygens (including phenoxy) is 1. The molecule has 0 bridgehead atoms. The van der Waals surface area contributed by atoms with E-state index in [1.54, 1.807) is 11.3 Å². The van der Waals surface area contributed by atoms with Crippen molar-refractivity contribution in [1.29, 1.82) is 0 Å². The predicted octanol–water partition coefficient (Wildman–Crippen LogP) is 3.33. The molecule has 0 saturated carbocycles. The molecule has 21 heavy (non-hydrogen) atoms. The lowest BCUT2D eigenvalue weighted by molar-refractivity contribution is -0.134. The monoisotopic (exact) mass is 301 g/mol. The molecule has 2 aromatic rings. The summed E-state index contributed by atoms with van der Waals surface area (Å²) in [5.41, 5.74) is 3.56. The van der Waals surface area contributed by atoms with Crippen molar-refractivity contribution in [2.75, 3.05) is 13.2 Å². The summed E-state index contributed by atoms with van der Waals surface area (Å²) in [5, 5.41) is 2.10. The van der Waals surface area contributed by atoms with Crippen molar-refractivity contribution in [3.05, 3.63) is 51.2 Å². The number of hydrogen-bond donors (Lipinski definition) is 0. The van der Waals surface area contributed by atoms with Gasteiger partial charge in [0.1, 0.15) is 5.75 Å². The zero-order valence-electron chi connectivity index (χ0n) is 12.4. The third kappa shape index (κ3) is 3.10. The molecule has 1 aliphatic heterocycles. The van der Waals surface area contributed by atoms with E-state index in [1.807, 2.05) is 30.9 Å². The Bertz CT molecular complexity index is 663. The van der Waals surface area contributed by atoms with Gasteiger partial charge in [0.2, 0.25) is 0 Å². The zero-order valence-corrected chi connectivity index (χ0v) is 13.2. The number of nitrogens with zero attached hydrogens (tertiary/aromatic N) is 1. The van der Waals surface area contributed by atoms with E-state index in [0.29, 0.717) is 6.54 Å². The molecule has 4 heteroatoms. The van der Waals surface area contributed by atoms with Crippen molar-refractivity contribution < 1.29 is 9.53 Å². The second kappa shape index (κ2) is 5.90. The fraction of sp³-hybridized carbons (Fsp3) is 0.353. The fourth-order valence-corrected chi connectivity index (χ4v) is 3.54. The van der Waals surface area contributed by atoms with Crippen LogP contribution < -0.4 is 4.74 Å². The summed E-state index contributed by atoms with van der Waals surface area (Å²) in [6, 6.07) is 8.12. The maximum atomic E-state index is 12.3. The molecular weight excluding hydrogens is 282 g/mol. The van der Waals surface area contributed by atoms with Crippen molar-refractivity contribution >= 4 is 17.2 Å². The minimum atomic E-state index is 0.0619. The van der Waals surface area contributed by atoms with Gasteiger partial charge in [0.15, 0.2) is 6.61 Å². The molecule has 3 nitrogen and oxygen atoms in total. The summed E-state index contributed by atoms with van der Waals surface area (Å²) in [4.78, 5) is 15.6. The normalized spacial score (nSPS) is 13.9. The first-order chi connectivity index (χ1) is 10.1. The molecule has 0 saturated heterocycles. The number of carbonyl (C=O) groups excluding carboxylic acids is 1. The van der Waals surface area contributed by atoms with Gasteiger partial charge in [-0.3, -0.25) is 4.79 Å². The topological polar surface area (TPSA) is 29.5 Å². The van der Waals surface area contributed by atoms with Gasteiger partial charge in [-0.05, 0) is 48.9 Å². The Kier molecular flexibility index (Phi) is 3.97.